The first-order chi connectivity index (χ1) is 12.8. The lowest BCUT2D eigenvalue weighted by Crippen LogP contribution is -2.13. The van der Waals surface area contributed by atoms with Crippen LogP contribution in [0.2, 0.25) is 0 Å². The van der Waals surface area contributed by atoms with Crippen molar-refractivity contribution in [3.05, 3.63) is 77.0 Å². The summed E-state index contributed by atoms with van der Waals surface area (Å²) < 4.78 is 11.5. The van der Waals surface area contributed by atoms with Crippen molar-refractivity contribution in [1.82, 2.24) is 4.98 Å². The van der Waals surface area contributed by atoms with Crippen molar-refractivity contribution < 1.29 is 9.47 Å². The van der Waals surface area contributed by atoms with Crippen LogP contribution in [0.15, 0.2) is 54.6 Å². The number of rotatable bonds is 6. The summed E-state index contributed by atoms with van der Waals surface area (Å²) in [5.41, 5.74) is 6.02. The standard InChI is InChI=1S/C23H25NO2/c1-17-9-10-21-20(14-17)16-19(11-13-26-23-8-5-12-25-23)22(24-21)15-18-6-3-2-4-7-18/h2-4,6-7,9-10,14,16,23H,5,8,11-13,15H2,1H3. The lowest BCUT2D eigenvalue weighted by molar-refractivity contribution is -0.109. The molecule has 0 bridgehead atoms. The van der Waals surface area contributed by atoms with Crippen molar-refractivity contribution in [1.29, 1.82) is 0 Å². The van der Waals surface area contributed by atoms with E-state index in [1.807, 2.05) is 0 Å². The normalized spacial score (nSPS) is 17.0. The van der Waals surface area contributed by atoms with Crippen molar-refractivity contribution in [2.45, 2.75) is 38.9 Å². The molecule has 134 valence electrons. The zero-order valence-corrected chi connectivity index (χ0v) is 15.3. The van der Waals surface area contributed by atoms with E-state index in [1.165, 1.54) is 22.1 Å². The van der Waals surface area contributed by atoms with E-state index in [9.17, 15) is 0 Å². The first-order valence-electron chi connectivity index (χ1n) is 9.44. The van der Waals surface area contributed by atoms with Gasteiger partial charge in [0.1, 0.15) is 0 Å². The summed E-state index contributed by atoms with van der Waals surface area (Å²) >= 11 is 0. The van der Waals surface area contributed by atoms with Crippen LogP contribution in [0.3, 0.4) is 0 Å². The molecule has 1 fully saturated rings. The molecule has 26 heavy (non-hydrogen) atoms. The maximum atomic E-state index is 5.90. The average molecular weight is 347 g/mol. The van der Waals surface area contributed by atoms with Gasteiger partial charge in [0, 0.05) is 30.5 Å². The van der Waals surface area contributed by atoms with E-state index >= 15 is 0 Å². The molecule has 1 unspecified atom stereocenters. The number of hydrogen-bond acceptors (Lipinski definition) is 3. The van der Waals surface area contributed by atoms with E-state index < -0.39 is 0 Å². The molecule has 0 amide bonds. The third-order valence-corrected chi connectivity index (χ3v) is 4.92. The minimum Gasteiger partial charge on any atom is -0.353 e. The van der Waals surface area contributed by atoms with Crippen molar-refractivity contribution in [3.63, 3.8) is 0 Å². The Morgan fingerprint density at radius 2 is 2.00 bits per heavy atom. The molecule has 0 radical (unpaired) electrons. The van der Waals surface area contributed by atoms with E-state index in [0.717, 1.165) is 43.5 Å². The monoisotopic (exact) mass is 347 g/mol. The Bertz CT molecular complexity index is 870. The molecule has 0 spiro atoms. The second-order valence-electron chi connectivity index (χ2n) is 7.02. The predicted octanol–water partition coefficient (Wildman–Crippen LogP) is 4.83. The van der Waals surface area contributed by atoms with Crippen LogP contribution in [-0.4, -0.2) is 24.5 Å². The number of hydrogen-bond donors (Lipinski definition) is 0. The minimum absolute atomic E-state index is 0.0248. The molecular weight excluding hydrogens is 322 g/mol. The highest BCUT2D eigenvalue weighted by Gasteiger charge is 2.16. The molecule has 0 N–H and O–H groups in total. The highest BCUT2D eigenvalue weighted by atomic mass is 16.7. The molecule has 0 saturated carbocycles. The highest BCUT2D eigenvalue weighted by molar-refractivity contribution is 5.80. The molecular formula is C23H25NO2. The topological polar surface area (TPSA) is 31.4 Å². The summed E-state index contributed by atoms with van der Waals surface area (Å²) in [4.78, 5) is 4.98. The molecule has 3 aromatic rings. The third kappa shape index (κ3) is 4.12. The fraction of sp³-hybridized carbons (Fsp3) is 0.348. The number of pyridine rings is 1. The fourth-order valence-electron chi connectivity index (χ4n) is 3.52. The average Bonchev–Trinajstić information content (AvgIpc) is 3.16. The number of benzene rings is 2. The molecule has 1 aromatic heterocycles. The van der Waals surface area contributed by atoms with E-state index in [4.69, 9.17) is 14.5 Å². The number of aromatic nitrogens is 1. The molecule has 2 heterocycles. The molecule has 2 aromatic carbocycles. The van der Waals surface area contributed by atoms with Gasteiger partial charge in [0.05, 0.1) is 12.1 Å². The molecule has 3 heteroatoms. The Kier molecular flexibility index (Phi) is 5.28. The molecule has 1 aliphatic heterocycles. The van der Waals surface area contributed by atoms with Gasteiger partial charge in [-0.25, -0.2) is 0 Å². The quantitative estimate of drug-likeness (QED) is 0.640. The van der Waals surface area contributed by atoms with Gasteiger partial charge in [-0.05, 0) is 49.1 Å². The van der Waals surface area contributed by atoms with Crippen LogP contribution in [0, 0.1) is 6.92 Å². The van der Waals surface area contributed by atoms with Gasteiger partial charge in [0.25, 0.3) is 0 Å². The van der Waals surface area contributed by atoms with Crippen LogP contribution in [-0.2, 0) is 22.3 Å². The maximum Gasteiger partial charge on any atom is 0.157 e. The molecule has 1 atom stereocenters. The summed E-state index contributed by atoms with van der Waals surface area (Å²) in [7, 11) is 0. The number of aryl methyl sites for hydroxylation is 1. The van der Waals surface area contributed by atoms with Gasteiger partial charge in [-0.2, -0.15) is 0 Å². The summed E-state index contributed by atoms with van der Waals surface area (Å²) in [5.74, 6) is 0. The molecule has 4 rings (SSSR count). The molecule has 3 nitrogen and oxygen atoms in total. The summed E-state index contributed by atoms with van der Waals surface area (Å²) in [5, 5.41) is 1.20. The molecule has 0 aliphatic carbocycles. The smallest absolute Gasteiger partial charge is 0.157 e. The zero-order chi connectivity index (χ0) is 17.8. The van der Waals surface area contributed by atoms with E-state index in [2.05, 4.69) is 61.5 Å². The summed E-state index contributed by atoms with van der Waals surface area (Å²) in [6.07, 6.45) is 3.79. The number of fused-ring (bicyclic) bond motifs is 1. The Hall–Kier alpha value is -2.23. The largest absolute Gasteiger partial charge is 0.353 e. The second kappa shape index (κ2) is 7.98. The van der Waals surface area contributed by atoms with Crippen molar-refractivity contribution in [3.8, 4) is 0 Å². The first kappa shape index (κ1) is 17.2. The first-order valence-corrected chi connectivity index (χ1v) is 9.44. The molecule has 1 saturated heterocycles. The summed E-state index contributed by atoms with van der Waals surface area (Å²) in [6, 6.07) is 19.3. The van der Waals surface area contributed by atoms with E-state index in [1.54, 1.807) is 0 Å². The van der Waals surface area contributed by atoms with E-state index in [0.29, 0.717) is 6.61 Å². The lowest BCUT2D eigenvalue weighted by Gasteiger charge is -2.14. The van der Waals surface area contributed by atoms with Crippen molar-refractivity contribution in [2.75, 3.05) is 13.2 Å². The maximum absolute atomic E-state index is 5.90. The SMILES string of the molecule is Cc1ccc2nc(Cc3ccccc3)c(CCOC3CCCO3)cc2c1. The van der Waals surface area contributed by atoms with Gasteiger partial charge < -0.3 is 9.47 Å². The third-order valence-electron chi connectivity index (χ3n) is 4.92. The number of nitrogens with zero attached hydrogens (tertiary/aromatic N) is 1. The fourth-order valence-corrected chi connectivity index (χ4v) is 3.52. The Morgan fingerprint density at radius 3 is 2.81 bits per heavy atom. The van der Waals surface area contributed by atoms with E-state index in [-0.39, 0.29) is 6.29 Å². The van der Waals surface area contributed by atoms with Crippen LogP contribution in [0.25, 0.3) is 10.9 Å². The van der Waals surface area contributed by atoms with Crippen molar-refractivity contribution >= 4 is 10.9 Å². The second-order valence-corrected chi connectivity index (χ2v) is 7.02. The Labute approximate surface area is 155 Å². The van der Waals surface area contributed by atoms with Gasteiger partial charge in [-0.15, -0.1) is 0 Å². The Morgan fingerprint density at radius 1 is 1.12 bits per heavy atom. The van der Waals surface area contributed by atoms with Gasteiger partial charge in [-0.1, -0.05) is 42.0 Å². The lowest BCUT2D eigenvalue weighted by atomic mass is 10.0. The molecule has 1 aliphatic rings. The highest BCUT2D eigenvalue weighted by Crippen LogP contribution is 2.22. The summed E-state index contributed by atoms with van der Waals surface area (Å²) in [6.45, 7) is 3.61. The number of ether oxygens (including phenoxy) is 2. The van der Waals surface area contributed by atoms with Gasteiger partial charge in [0.2, 0.25) is 0 Å². The zero-order valence-electron chi connectivity index (χ0n) is 15.3. The van der Waals surface area contributed by atoms with Crippen LogP contribution in [0.4, 0.5) is 0 Å². The minimum atomic E-state index is -0.0248. The predicted molar refractivity (Wildman–Crippen MR) is 104 cm³/mol. The van der Waals surface area contributed by atoms with Crippen LogP contribution in [0.5, 0.6) is 0 Å². The van der Waals surface area contributed by atoms with Crippen LogP contribution in [0.1, 0.15) is 35.2 Å². The van der Waals surface area contributed by atoms with Gasteiger partial charge in [-0.3, -0.25) is 4.98 Å². The Balaban J connectivity index is 1.59. The van der Waals surface area contributed by atoms with Gasteiger partial charge >= 0.3 is 0 Å². The van der Waals surface area contributed by atoms with Crippen LogP contribution < -0.4 is 0 Å². The van der Waals surface area contributed by atoms with Crippen LogP contribution >= 0.6 is 0 Å². The van der Waals surface area contributed by atoms with Gasteiger partial charge in [0.15, 0.2) is 6.29 Å². The van der Waals surface area contributed by atoms with Crippen molar-refractivity contribution in [2.24, 2.45) is 0 Å².